The Bertz CT molecular complexity index is 937. The van der Waals surface area contributed by atoms with Gasteiger partial charge in [0, 0.05) is 29.8 Å². The Hall–Kier alpha value is -3.39. The molecule has 26 heavy (non-hydrogen) atoms. The van der Waals surface area contributed by atoms with E-state index in [9.17, 15) is 14.9 Å². The second kappa shape index (κ2) is 8.13. The smallest absolute Gasteiger partial charge is 0.269 e. The Morgan fingerprint density at radius 1 is 1.23 bits per heavy atom. The molecule has 0 unspecified atom stereocenters. The fourth-order valence-corrected chi connectivity index (χ4v) is 2.91. The number of carbonyl (C=O) groups is 1. The van der Waals surface area contributed by atoms with Crippen LogP contribution < -0.4 is 5.32 Å². The zero-order valence-corrected chi connectivity index (χ0v) is 14.3. The second-order valence-corrected chi connectivity index (χ2v) is 6.12. The van der Waals surface area contributed by atoms with Gasteiger partial charge in [0.1, 0.15) is 5.01 Å². The third kappa shape index (κ3) is 4.58. The van der Waals surface area contributed by atoms with Gasteiger partial charge in [-0.25, -0.2) is 4.98 Å². The highest BCUT2D eigenvalue weighted by molar-refractivity contribution is 7.13. The first-order valence-corrected chi connectivity index (χ1v) is 8.56. The van der Waals surface area contributed by atoms with E-state index in [2.05, 4.69) is 15.3 Å². The highest BCUT2D eigenvalue weighted by atomic mass is 32.1. The molecule has 0 atom stereocenters. The van der Waals surface area contributed by atoms with Crippen molar-refractivity contribution in [2.24, 2.45) is 0 Å². The quantitative estimate of drug-likeness (QED) is 0.409. The number of carbonyl (C=O) groups excluding carboxylic acids is 1. The van der Waals surface area contributed by atoms with Gasteiger partial charge in [0.25, 0.3) is 5.69 Å². The van der Waals surface area contributed by atoms with Gasteiger partial charge in [-0.05, 0) is 35.9 Å². The normalized spacial score (nSPS) is 10.8. The Morgan fingerprint density at radius 3 is 2.73 bits per heavy atom. The first-order chi connectivity index (χ1) is 12.6. The molecule has 7 nitrogen and oxygen atoms in total. The van der Waals surface area contributed by atoms with Crippen molar-refractivity contribution >= 4 is 29.0 Å². The number of benzene rings is 1. The average Bonchev–Trinajstić information content (AvgIpc) is 3.15. The number of hydrogen-bond acceptors (Lipinski definition) is 6. The first kappa shape index (κ1) is 17.4. The molecule has 1 N–H and O–H groups in total. The minimum Gasteiger partial charge on any atom is -0.347 e. The Kier molecular flexibility index (Phi) is 5.45. The molecule has 0 aliphatic rings. The molecule has 3 rings (SSSR count). The lowest BCUT2D eigenvalue weighted by molar-refractivity contribution is -0.384. The van der Waals surface area contributed by atoms with Crippen LogP contribution in [0.4, 0.5) is 5.69 Å². The van der Waals surface area contributed by atoms with Crippen molar-refractivity contribution in [2.75, 3.05) is 0 Å². The third-order valence-corrected chi connectivity index (χ3v) is 4.32. The minimum atomic E-state index is -0.465. The summed E-state index contributed by atoms with van der Waals surface area (Å²) in [4.78, 5) is 30.7. The summed E-state index contributed by atoms with van der Waals surface area (Å²) in [6.45, 7) is 0.312. The summed E-state index contributed by atoms with van der Waals surface area (Å²) in [5.41, 5.74) is 2.27. The minimum absolute atomic E-state index is 0.0128. The largest absolute Gasteiger partial charge is 0.347 e. The second-order valence-electron chi connectivity index (χ2n) is 5.26. The molecular formula is C18H14N4O3S. The van der Waals surface area contributed by atoms with Crippen molar-refractivity contribution in [1.29, 1.82) is 0 Å². The van der Waals surface area contributed by atoms with E-state index in [1.165, 1.54) is 29.5 Å². The van der Waals surface area contributed by atoms with E-state index in [4.69, 9.17) is 0 Å². The molecule has 0 saturated carbocycles. The van der Waals surface area contributed by atoms with Gasteiger partial charge in [-0.2, -0.15) is 0 Å². The van der Waals surface area contributed by atoms with E-state index in [0.29, 0.717) is 12.1 Å². The maximum atomic E-state index is 11.9. The third-order valence-electron chi connectivity index (χ3n) is 3.41. The van der Waals surface area contributed by atoms with Crippen molar-refractivity contribution in [3.8, 4) is 10.7 Å². The number of hydrogen-bond donors (Lipinski definition) is 1. The van der Waals surface area contributed by atoms with Gasteiger partial charge in [-0.3, -0.25) is 19.9 Å². The van der Waals surface area contributed by atoms with Crippen LogP contribution in [0.2, 0.25) is 0 Å². The lowest BCUT2D eigenvalue weighted by atomic mass is 10.2. The number of thiazole rings is 1. The summed E-state index contributed by atoms with van der Waals surface area (Å²) in [5, 5.41) is 16.0. The van der Waals surface area contributed by atoms with Crippen molar-refractivity contribution < 1.29 is 9.72 Å². The van der Waals surface area contributed by atoms with Gasteiger partial charge in [0.2, 0.25) is 5.91 Å². The van der Waals surface area contributed by atoms with Gasteiger partial charge in [-0.1, -0.05) is 6.07 Å². The number of nitro groups is 1. The van der Waals surface area contributed by atoms with Crippen LogP contribution in [0.5, 0.6) is 0 Å². The standard InChI is InChI=1S/C18H14N4O3S/c23-17(9-6-13-4-7-15(8-5-13)22(24)25)20-11-14-12-26-18(21-14)16-3-1-2-10-19-16/h1-10,12H,11H2,(H,20,23)/b9-6+. The van der Waals surface area contributed by atoms with Gasteiger partial charge in [0.05, 0.1) is 22.9 Å². The molecule has 0 aliphatic carbocycles. The Labute approximate surface area is 153 Å². The molecule has 0 fully saturated rings. The van der Waals surface area contributed by atoms with Crippen LogP contribution in [0.15, 0.2) is 60.1 Å². The maximum absolute atomic E-state index is 11.9. The number of non-ortho nitro benzene ring substituents is 1. The number of nitrogens with one attached hydrogen (secondary N) is 1. The van der Waals surface area contributed by atoms with Crippen molar-refractivity contribution in [1.82, 2.24) is 15.3 Å². The summed E-state index contributed by atoms with van der Waals surface area (Å²) in [7, 11) is 0. The van der Waals surface area contributed by atoms with Crippen molar-refractivity contribution in [3.05, 3.63) is 81.5 Å². The molecule has 130 valence electrons. The molecule has 8 heteroatoms. The molecule has 0 radical (unpaired) electrons. The van der Waals surface area contributed by atoms with Crippen LogP contribution in [0.3, 0.4) is 0 Å². The van der Waals surface area contributed by atoms with Gasteiger partial charge < -0.3 is 5.32 Å². The van der Waals surface area contributed by atoms with Crippen LogP contribution in [0.1, 0.15) is 11.3 Å². The summed E-state index contributed by atoms with van der Waals surface area (Å²) in [6, 6.07) is 11.6. The summed E-state index contributed by atoms with van der Waals surface area (Å²) < 4.78 is 0. The zero-order valence-electron chi connectivity index (χ0n) is 13.5. The predicted octanol–water partition coefficient (Wildman–Crippen LogP) is 3.44. The van der Waals surface area contributed by atoms with Gasteiger partial charge in [-0.15, -0.1) is 11.3 Å². The topological polar surface area (TPSA) is 98.0 Å². The van der Waals surface area contributed by atoms with E-state index >= 15 is 0 Å². The highest BCUT2D eigenvalue weighted by Crippen LogP contribution is 2.21. The van der Waals surface area contributed by atoms with Crippen molar-refractivity contribution in [2.45, 2.75) is 6.54 Å². The molecule has 0 saturated heterocycles. The lowest BCUT2D eigenvalue weighted by Crippen LogP contribution is -2.20. The Morgan fingerprint density at radius 2 is 2.04 bits per heavy atom. The molecule has 1 aromatic carbocycles. The SMILES string of the molecule is O=C(/C=C/c1ccc([N+](=O)[O-])cc1)NCc1csc(-c2ccccn2)n1. The van der Waals surface area contributed by atoms with Crippen LogP contribution in [0.25, 0.3) is 16.8 Å². The Balaban J connectivity index is 1.54. The van der Waals surface area contributed by atoms with E-state index in [0.717, 1.165) is 16.4 Å². The number of pyridine rings is 1. The highest BCUT2D eigenvalue weighted by Gasteiger charge is 2.06. The number of nitro benzene ring substituents is 1. The molecule has 3 aromatic rings. The molecule has 2 heterocycles. The van der Waals surface area contributed by atoms with Gasteiger partial charge >= 0.3 is 0 Å². The summed E-state index contributed by atoms with van der Waals surface area (Å²) in [5.74, 6) is -0.268. The molecular weight excluding hydrogens is 352 g/mol. The predicted molar refractivity (Wildman–Crippen MR) is 99.3 cm³/mol. The van der Waals surface area contributed by atoms with Crippen LogP contribution in [-0.4, -0.2) is 20.8 Å². The lowest BCUT2D eigenvalue weighted by Gasteiger charge is -1.99. The maximum Gasteiger partial charge on any atom is 0.269 e. The van der Waals surface area contributed by atoms with E-state index in [-0.39, 0.29) is 11.6 Å². The number of amides is 1. The number of nitrogens with zero attached hydrogens (tertiary/aromatic N) is 3. The van der Waals surface area contributed by atoms with Crippen LogP contribution in [0, 0.1) is 10.1 Å². The molecule has 0 bridgehead atoms. The summed E-state index contributed by atoms with van der Waals surface area (Å²) >= 11 is 1.47. The molecule has 1 amide bonds. The molecule has 0 spiro atoms. The van der Waals surface area contributed by atoms with Crippen LogP contribution in [-0.2, 0) is 11.3 Å². The monoisotopic (exact) mass is 366 g/mol. The molecule has 2 aromatic heterocycles. The number of aromatic nitrogens is 2. The zero-order chi connectivity index (χ0) is 18.4. The molecule has 0 aliphatic heterocycles. The number of rotatable bonds is 6. The van der Waals surface area contributed by atoms with Gasteiger partial charge in [0.15, 0.2) is 0 Å². The van der Waals surface area contributed by atoms with Crippen LogP contribution >= 0.6 is 11.3 Å². The average molecular weight is 366 g/mol. The van der Waals surface area contributed by atoms with E-state index < -0.39 is 4.92 Å². The van der Waals surface area contributed by atoms with E-state index in [1.807, 2.05) is 23.6 Å². The first-order valence-electron chi connectivity index (χ1n) is 7.68. The van der Waals surface area contributed by atoms with E-state index in [1.54, 1.807) is 24.4 Å². The fraction of sp³-hybridized carbons (Fsp3) is 0.0556. The summed E-state index contributed by atoms with van der Waals surface area (Å²) in [6.07, 6.45) is 4.69. The fourth-order valence-electron chi connectivity index (χ4n) is 2.11. The van der Waals surface area contributed by atoms with Crippen molar-refractivity contribution in [3.63, 3.8) is 0 Å².